The molecule has 4 atom stereocenters. The average molecular weight is 224 g/mol. The summed E-state index contributed by atoms with van der Waals surface area (Å²) in [7, 11) is 0. The lowest BCUT2D eigenvalue weighted by Gasteiger charge is -2.35. The summed E-state index contributed by atoms with van der Waals surface area (Å²) in [5.41, 5.74) is 6.06. The topological polar surface area (TPSA) is 46.3 Å². The Morgan fingerprint density at radius 1 is 1.25 bits per heavy atom. The zero-order chi connectivity index (χ0) is 11.7. The van der Waals surface area contributed by atoms with Crippen molar-refractivity contribution in [3.8, 4) is 0 Å². The number of amides is 1. The highest BCUT2D eigenvalue weighted by atomic mass is 16.2. The van der Waals surface area contributed by atoms with Gasteiger partial charge < -0.3 is 10.6 Å². The molecule has 1 aliphatic heterocycles. The first kappa shape index (κ1) is 11.9. The van der Waals surface area contributed by atoms with Crippen molar-refractivity contribution in [3.05, 3.63) is 0 Å². The van der Waals surface area contributed by atoms with Gasteiger partial charge in [-0.2, -0.15) is 0 Å². The van der Waals surface area contributed by atoms with E-state index < -0.39 is 0 Å². The number of nitrogens with two attached hydrogens (primary N) is 1. The Kier molecular flexibility index (Phi) is 3.53. The first-order valence-electron chi connectivity index (χ1n) is 6.64. The highest BCUT2D eigenvalue weighted by Crippen LogP contribution is 2.31. The van der Waals surface area contributed by atoms with Crippen LogP contribution in [0.2, 0.25) is 0 Å². The lowest BCUT2D eigenvalue weighted by molar-refractivity contribution is -0.137. The molecular formula is C13H24N2O. The van der Waals surface area contributed by atoms with Crippen molar-refractivity contribution in [3.63, 3.8) is 0 Å². The number of carbonyl (C=O) groups excluding carboxylic acids is 1. The van der Waals surface area contributed by atoms with Crippen LogP contribution in [0, 0.1) is 17.8 Å². The Balaban J connectivity index is 1.98. The Labute approximate surface area is 98.4 Å². The van der Waals surface area contributed by atoms with E-state index in [4.69, 9.17) is 5.73 Å². The second kappa shape index (κ2) is 4.74. The minimum absolute atomic E-state index is 0.189. The molecule has 92 valence electrons. The van der Waals surface area contributed by atoms with Crippen molar-refractivity contribution in [2.24, 2.45) is 23.5 Å². The van der Waals surface area contributed by atoms with Crippen molar-refractivity contribution in [1.29, 1.82) is 0 Å². The maximum atomic E-state index is 12.4. The third-order valence-electron chi connectivity index (χ3n) is 4.42. The Hall–Kier alpha value is -0.570. The van der Waals surface area contributed by atoms with Gasteiger partial charge in [0.05, 0.1) is 0 Å². The van der Waals surface area contributed by atoms with Gasteiger partial charge in [-0.3, -0.25) is 4.79 Å². The molecule has 0 bridgehead atoms. The minimum Gasteiger partial charge on any atom is -0.342 e. The number of rotatable bonds is 1. The van der Waals surface area contributed by atoms with E-state index in [1.54, 1.807) is 0 Å². The third kappa shape index (κ3) is 2.24. The molecule has 1 amide bonds. The molecule has 0 radical (unpaired) electrons. The van der Waals surface area contributed by atoms with Gasteiger partial charge in [0.2, 0.25) is 5.91 Å². The van der Waals surface area contributed by atoms with Gasteiger partial charge in [-0.1, -0.05) is 20.3 Å². The SMILES string of the molecule is CC1CCN(C(=O)C2CCCC(N)C2C)C1. The molecule has 0 spiro atoms. The molecule has 4 unspecified atom stereocenters. The number of hydrogen-bond acceptors (Lipinski definition) is 2. The fourth-order valence-electron chi connectivity index (χ4n) is 3.12. The summed E-state index contributed by atoms with van der Waals surface area (Å²) >= 11 is 0. The first-order chi connectivity index (χ1) is 7.59. The van der Waals surface area contributed by atoms with Crippen LogP contribution in [0.25, 0.3) is 0 Å². The maximum Gasteiger partial charge on any atom is 0.226 e. The number of carbonyl (C=O) groups is 1. The van der Waals surface area contributed by atoms with Gasteiger partial charge in [-0.15, -0.1) is 0 Å². The fourth-order valence-corrected chi connectivity index (χ4v) is 3.12. The van der Waals surface area contributed by atoms with Crippen molar-refractivity contribution in [2.75, 3.05) is 13.1 Å². The van der Waals surface area contributed by atoms with E-state index in [0.717, 1.165) is 32.4 Å². The van der Waals surface area contributed by atoms with Crippen molar-refractivity contribution >= 4 is 5.91 Å². The van der Waals surface area contributed by atoms with E-state index in [0.29, 0.717) is 17.7 Å². The second-order valence-electron chi connectivity index (χ2n) is 5.74. The van der Waals surface area contributed by atoms with Crippen molar-refractivity contribution < 1.29 is 4.79 Å². The molecule has 1 saturated heterocycles. The summed E-state index contributed by atoms with van der Waals surface area (Å²) in [5, 5.41) is 0. The van der Waals surface area contributed by atoms with E-state index in [1.165, 1.54) is 6.42 Å². The van der Waals surface area contributed by atoms with Gasteiger partial charge in [0.1, 0.15) is 0 Å². The van der Waals surface area contributed by atoms with Gasteiger partial charge in [0, 0.05) is 25.0 Å². The summed E-state index contributed by atoms with van der Waals surface area (Å²) in [6, 6.07) is 0.225. The van der Waals surface area contributed by atoms with Gasteiger partial charge in [0.15, 0.2) is 0 Å². The van der Waals surface area contributed by atoms with Gasteiger partial charge >= 0.3 is 0 Å². The summed E-state index contributed by atoms with van der Waals surface area (Å²) in [6.07, 6.45) is 4.41. The minimum atomic E-state index is 0.189. The van der Waals surface area contributed by atoms with Gasteiger partial charge in [-0.25, -0.2) is 0 Å². The van der Waals surface area contributed by atoms with Gasteiger partial charge in [0.25, 0.3) is 0 Å². The zero-order valence-corrected chi connectivity index (χ0v) is 10.5. The standard InChI is InChI=1S/C13H24N2O/c1-9-6-7-15(8-9)13(16)11-4-3-5-12(14)10(11)2/h9-12H,3-8,14H2,1-2H3. The van der Waals surface area contributed by atoms with Crippen molar-refractivity contribution in [1.82, 2.24) is 4.90 Å². The van der Waals surface area contributed by atoms with Gasteiger partial charge in [-0.05, 0) is 31.1 Å². The Morgan fingerprint density at radius 3 is 2.62 bits per heavy atom. The molecular weight excluding hydrogens is 200 g/mol. The monoisotopic (exact) mass is 224 g/mol. The van der Waals surface area contributed by atoms with Crippen LogP contribution in [0.3, 0.4) is 0 Å². The van der Waals surface area contributed by atoms with Crippen LogP contribution in [0.5, 0.6) is 0 Å². The van der Waals surface area contributed by atoms with Crippen LogP contribution in [-0.2, 0) is 4.79 Å². The normalized spacial score (nSPS) is 40.1. The van der Waals surface area contributed by atoms with Crippen LogP contribution in [0.1, 0.15) is 39.5 Å². The third-order valence-corrected chi connectivity index (χ3v) is 4.42. The fraction of sp³-hybridized carbons (Fsp3) is 0.923. The summed E-state index contributed by atoms with van der Waals surface area (Å²) in [6.45, 7) is 6.28. The quantitative estimate of drug-likeness (QED) is 0.735. The zero-order valence-electron chi connectivity index (χ0n) is 10.5. The molecule has 0 aromatic heterocycles. The largest absolute Gasteiger partial charge is 0.342 e. The van der Waals surface area contributed by atoms with Crippen LogP contribution < -0.4 is 5.73 Å². The predicted molar refractivity (Wildman–Crippen MR) is 64.8 cm³/mol. The number of hydrogen-bond donors (Lipinski definition) is 1. The number of likely N-dealkylation sites (tertiary alicyclic amines) is 1. The highest BCUT2D eigenvalue weighted by molar-refractivity contribution is 5.79. The molecule has 2 N–H and O–H groups in total. The summed E-state index contributed by atoms with van der Waals surface area (Å²) in [4.78, 5) is 14.4. The van der Waals surface area contributed by atoms with Crippen molar-refractivity contribution in [2.45, 2.75) is 45.6 Å². The molecule has 3 nitrogen and oxygen atoms in total. The Bertz CT molecular complexity index is 267. The molecule has 0 aromatic carbocycles. The molecule has 0 aromatic rings. The predicted octanol–water partition coefficient (Wildman–Crippen LogP) is 1.62. The molecule has 2 fully saturated rings. The van der Waals surface area contributed by atoms with Crippen LogP contribution in [0.15, 0.2) is 0 Å². The smallest absolute Gasteiger partial charge is 0.226 e. The van der Waals surface area contributed by atoms with E-state index in [1.807, 2.05) is 0 Å². The Morgan fingerprint density at radius 2 is 2.00 bits per heavy atom. The summed E-state index contributed by atoms with van der Waals surface area (Å²) < 4.78 is 0. The lowest BCUT2D eigenvalue weighted by Crippen LogP contribution is -2.45. The number of nitrogens with zero attached hydrogens (tertiary/aromatic N) is 1. The van der Waals surface area contributed by atoms with E-state index >= 15 is 0 Å². The lowest BCUT2D eigenvalue weighted by atomic mass is 9.76. The first-order valence-corrected chi connectivity index (χ1v) is 6.64. The van der Waals surface area contributed by atoms with Crippen LogP contribution in [0.4, 0.5) is 0 Å². The van der Waals surface area contributed by atoms with Crippen LogP contribution in [-0.4, -0.2) is 29.9 Å². The highest BCUT2D eigenvalue weighted by Gasteiger charge is 2.36. The summed E-state index contributed by atoms with van der Waals surface area (Å²) in [5.74, 6) is 1.59. The molecule has 2 rings (SSSR count). The molecule has 1 heterocycles. The maximum absolute atomic E-state index is 12.4. The molecule has 16 heavy (non-hydrogen) atoms. The van der Waals surface area contributed by atoms with E-state index in [9.17, 15) is 4.79 Å². The van der Waals surface area contributed by atoms with Crippen LogP contribution >= 0.6 is 0 Å². The second-order valence-corrected chi connectivity index (χ2v) is 5.74. The molecule has 3 heteroatoms. The molecule has 1 aliphatic carbocycles. The van der Waals surface area contributed by atoms with E-state index in [-0.39, 0.29) is 12.0 Å². The van der Waals surface area contributed by atoms with E-state index in [2.05, 4.69) is 18.7 Å². The molecule has 2 aliphatic rings. The molecule has 1 saturated carbocycles. The average Bonchev–Trinajstić information content (AvgIpc) is 2.68.